The summed E-state index contributed by atoms with van der Waals surface area (Å²) < 4.78 is 1.13. The molecule has 0 amide bonds. The van der Waals surface area contributed by atoms with E-state index in [0.717, 1.165) is 24.0 Å². The van der Waals surface area contributed by atoms with Crippen LogP contribution in [-0.2, 0) is 0 Å². The minimum absolute atomic E-state index is 1.02. The van der Waals surface area contributed by atoms with Crippen molar-refractivity contribution in [3.05, 3.63) is 28.2 Å². The summed E-state index contributed by atoms with van der Waals surface area (Å²) in [5, 5.41) is 6.54. The van der Waals surface area contributed by atoms with Crippen molar-refractivity contribution in [2.24, 2.45) is 0 Å². The number of hydrogen-bond acceptors (Lipinski definition) is 2. The molecule has 0 aromatic heterocycles. The fraction of sp³-hybridized carbons (Fsp3) is 0.455. The summed E-state index contributed by atoms with van der Waals surface area (Å²) in [4.78, 5) is 0. The van der Waals surface area contributed by atoms with Gasteiger partial charge >= 0.3 is 0 Å². The predicted octanol–water partition coefficient (Wildman–Crippen LogP) is 2.78. The van der Waals surface area contributed by atoms with E-state index >= 15 is 0 Å². The molecule has 0 saturated carbocycles. The highest BCUT2D eigenvalue weighted by Gasteiger charge is 1.97. The van der Waals surface area contributed by atoms with E-state index in [9.17, 15) is 0 Å². The van der Waals surface area contributed by atoms with Crippen LogP contribution in [0.15, 0.2) is 22.7 Å². The van der Waals surface area contributed by atoms with Gasteiger partial charge in [-0.25, -0.2) is 0 Å². The quantitative estimate of drug-likeness (QED) is 0.792. The SMILES string of the molecule is CNCCCNc1ccc(Br)cc1C. The molecule has 0 aliphatic heterocycles. The van der Waals surface area contributed by atoms with E-state index in [1.54, 1.807) is 0 Å². The third-order valence-corrected chi connectivity index (χ3v) is 2.60. The molecule has 2 N–H and O–H groups in total. The first-order valence-electron chi connectivity index (χ1n) is 4.88. The van der Waals surface area contributed by atoms with Crippen LogP contribution in [-0.4, -0.2) is 20.1 Å². The highest BCUT2D eigenvalue weighted by Crippen LogP contribution is 2.19. The smallest absolute Gasteiger partial charge is 0.0370 e. The molecular formula is C11H17BrN2. The van der Waals surface area contributed by atoms with Gasteiger partial charge in [-0.05, 0) is 50.7 Å². The normalized spacial score (nSPS) is 10.2. The second-order valence-corrected chi connectivity index (χ2v) is 4.26. The van der Waals surface area contributed by atoms with E-state index in [1.807, 2.05) is 7.05 Å². The zero-order valence-corrected chi connectivity index (χ0v) is 10.3. The average Bonchev–Trinajstić information content (AvgIpc) is 2.15. The number of nitrogens with one attached hydrogen (secondary N) is 2. The van der Waals surface area contributed by atoms with Crippen LogP contribution >= 0.6 is 15.9 Å². The second-order valence-electron chi connectivity index (χ2n) is 3.34. The lowest BCUT2D eigenvalue weighted by atomic mass is 10.2. The van der Waals surface area contributed by atoms with Gasteiger partial charge in [-0.3, -0.25) is 0 Å². The highest BCUT2D eigenvalue weighted by atomic mass is 79.9. The van der Waals surface area contributed by atoms with Crippen LogP contribution in [0.3, 0.4) is 0 Å². The molecule has 0 radical (unpaired) electrons. The molecule has 0 aliphatic rings. The lowest BCUT2D eigenvalue weighted by Gasteiger charge is -2.09. The van der Waals surface area contributed by atoms with Crippen molar-refractivity contribution in [2.45, 2.75) is 13.3 Å². The Hall–Kier alpha value is -0.540. The number of hydrogen-bond donors (Lipinski definition) is 2. The molecule has 0 spiro atoms. The van der Waals surface area contributed by atoms with Crippen molar-refractivity contribution in [1.29, 1.82) is 0 Å². The molecule has 0 saturated heterocycles. The largest absolute Gasteiger partial charge is 0.385 e. The van der Waals surface area contributed by atoms with Gasteiger partial charge < -0.3 is 10.6 Å². The topological polar surface area (TPSA) is 24.1 Å². The van der Waals surface area contributed by atoms with Crippen molar-refractivity contribution < 1.29 is 0 Å². The van der Waals surface area contributed by atoms with Gasteiger partial charge in [0.1, 0.15) is 0 Å². The minimum atomic E-state index is 1.02. The fourth-order valence-corrected chi connectivity index (χ4v) is 1.79. The molecule has 0 bridgehead atoms. The molecule has 3 heteroatoms. The molecule has 78 valence electrons. The van der Waals surface area contributed by atoms with E-state index in [4.69, 9.17) is 0 Å². The second kappa shape index (κ2) is 6.04. The van der Waals surface area contributed by atoms with E-state index in [-0.39, 0.29) is 0 Å². The zero-order chi connectivity index (χ0) is 10.4. The first-order chi connectivity index (χ1) is 6.74. The molecule has 1 aromatic rings. The number of halogens is 1. The first-order valence-corrected chi connectivity index (χ1v) is 5.68. The van der Waals surface area contributed by atoms with Crippen molar-refractivity contribution in [2.75, 3.05) is 25.5 Å². The van der Waals surface area contributed by atoms with Crippen molar-refractivity contribution in [1.82, 2.24) is 5.32 Å². The predicted molar refractivity (Wildman–Crippen MR) is 65.9 cm³/mol. The lowest BCUT2D eigenvalue weighted by molar-refractivity contribution is 0.748. The Bertz CT molecular complexity index is 287. The molecule has 14 heavy (non-hydrogen) atoms. The van der Waals surface area contributed by atoms with Gasteiger partial charge in [0, 0.05) is 16.7 Å². The van der Waals surface area contributed by atoms with Gasteiger partial charge in [-0.2, -0.15) is 0 Å². The summed E-state index contributed by atoms with van der Waals surface area (Å²) in [7, 11) is 1.98. The van der Waals surface area contributed by atoms with Crippen molar-refractivity contribution in [3.8, 4) is 0 Å². The van der Waals surface area contributed by atoms with Crippen LogP contribution in [0, 0.1) is 6.92 Å². The summed E-state index contributed by atoms with van der Waals surface area (Å²) in [6.45, 7) is 4.19. The third kappa shape index (κ3) is 3.68. The zero-order valence-electron chi connectivity index (χ0n) is 8.73. The van der Waals surface area contributed by atoms with E-state index < -0.39 is 0 Å². The summed E-state index contributed by atoms with van der Waals surface area (Å²) in [6.07, 6.45) is 1.14. The maximum absolute atomic E-state index is 3.45. The fourth-order valence-electron chi connectivity index (χ4n) is 1.31. The van der Waals surface area contributed by atoms with Crippen LogP contribution in [0.5, 0.6) is 0 Å². The van der Waals surface area contributed by atoms with E-state index in [2.05, 4.69) is 51.7 Å². The molecule has 2 nitrogen and oxygen atoms in total. The summed E-state index contributed by atoms with van der Waals surface area (Å²) in [6, 6.07) is 6.30. The summed E-state index contributed by atoms with van der Waals surface area (Å²) in [5.74, 6) is 0. The van der Waals surface area contributed by atoms with Crippen molar-refractivity contribution in [3.63, 3.8) is 0 Å². The maximum Gasteiger partial charge on any atom is 0.0370 e. The van der Waals surface area contributed by atoms with E-state index in [1.165, 1.54) is 11.3 Å². The van der Waals surface area contributed by atoms with Crippen LogP contribution in [0.2, 0.25) is 0 Å². The molecule has 1 rings (SSSR count). The number of anilines is 1. The molecular weight excluding hydrogens is 240 g/mol. The lowest BCUT2D eigenvalue weighted by Crippen LogP contribution is -2.13. The summed E-state index contributed by atoms with van der Waals surface area (Å²) in [5.41, 5.74) is 2.51. The van der Waals surface area contributed by atoms with Crippen molar-refractivity contribution >= 4 is 21.6 Å². The van der Waals surface area contributed by atoms with Gasteiger partial charge in [0.15, 0.2) is 0 Å². The monoisotopic (exact) mass is 256 g/mol. The van der Waals surface area contributed by atoms with Gasteiger partial charge in [0.25, 0.3) is 0 Å². The Balaban J connectivity index is 2.42. The molecule has 1 aromatic carbocycles. The third-order valence-electron chi connectivity index (χ3n) is 2.11. The molecule has 0 heterocycles. The van der Waals surface area contributed by atoms with Gasteiger partial charge in [-0.15, -0.1) is 0 Å². The highest BCUT2D eigenvalue weighted by molar-refractivity contribution is 9.10. The number of benzene rings is 1. The number of rotatable bonds is 5. The Kier molecular flexibility index (Phi) is 4.98. The minimum Gasteiger partial charge on any atom is -0.385 e. The van der Waals surface area contributed by atoms with Gasteiger partial charge in [-0.1, -0.05) is 15.9 Å². The standard InChI is InChI=1S/C11H17BrN2/c1-9-8-10(12)4-5-11(9)14-7-3-6-13-2/h4-5,8,13-14H,3,6-7H2,1-2H3. The Morgan fingerprint density at radius 3 is 2.71 bits per heavy atom. The molecule has 0 aliphatic carbocycles. The van der Waals surface area contributed by atoms with Crippen LogP contribution in [0.4, 0.5) is 5.69 Å². The Labute approximate surface area is 94.2 Å². The van der Waals surface area contributed by atoms with Crippen LogP contribution < -0.4 is 10.6 Å². The van der Waals surface area contributed by atoms with Gasteiger partial charge in [0.05, 0.1) is 0 Å². The summed E-state index contributed by atoms with van der Waals surface area (Å²) >= 11 is 3.45. The first kappa shape index (κ1) is 11.5. The van der Waals surface area contributed by atoms with Crippen LogP contribution in [0.1, 0.15) is 12.0 Å². The van der Waals surface area contributed by atoms with Gasteiger partial charge in [0.2, 0.25) is 0 Å². The average molecular weight is 257 g/mol. The Morgan fingerprint density at radius 1 is 1.29 bits per heavy atom. The molecule has 0 unspecified atom stereocenters. The van der Waals surface area contributed by atoms with E-state index in [0.29, 0.717) is 0 Å². The Morgan fingerprint density at radius 2 is 2.07 bits per heavy atom. The number of aryl methyl sites for hydroxylation is 1. The molecule has 0 fully saturated rings. The molecule has 0 atom stereocenters. The maximum atomic E-state index is 3.45. The van der Waals surface area contributed by atoms with Crippen LogP contribution in [0.25, 0.3) is 0 Å².